The lowest BCUT2D eigenvalue weighted by Crippen LogP contribution is -2.18. The van der Waals surface area contributed by atoms with Crippen LogP contribution in [0.5, 0.6) is 17.2 Å². The molecule has 0 aliphatic carbocycles. The summed E-state index contributed by atoms with van der Waals surface area (Å²) in [6.07, 6.45) is 1.48. The van der Waals surface area contributed by atoms with Crippen molar-refractivity contribution in [1.29, 1.82) is 0 Å². The first kappa shape index (κ1) is 27.3. The van der Waals surface area contributed by atoms with Crippen molar-refractivity contribution in [3.8, 4) is 17.2 Å². The van der Waals surface area contributed by atoms with Gasteiger partial charge >= 0.3 is 0 Å². The Morgan fingerprint density at radius 3 is 2.31 bits per heavy atom. The smallest absolute Gasteiger partial charge is 0.275 e. The number of hydrogen-bond acceptors (Lipinski definition) is 7. The first-order valence-electron chi connectivity index (χ1n) is 11.8. The van der Waals surface area contributed by atoms with Crippen molar-refractivity contribution in [1.82, 2.24) is 5.43 Å². The highest BCUT2D eigenvalue weighted by Crippen LogP contribution is 2.37. The number of rotatable bonds is 11. The maximum Gasteiger partial charge on any atom is 0.275 e. The van der Waals surface area contributed by atoms with Gasteiger partial charge < -0.3 is 14.2 Å². The minimum absolute atomic E-state index is 0.0106. The number of para-hydroxylation sites is 1. The minimum Gasteiger partial charge on any atom is -0.493 e. The lowest BCUT2D eigenvalue weighted by atomic mass is 10.2. The predicted molar refractivity (Wildman–Crippen MR) is 150 cm³/mol. The number of benzene rings is 4. The summed E-state index contributed by atoms with van der Waals surface area (Å²) in [7, 11) is 1.51. The summed E-state index contributed by atoms with van der Waals surface area (Å²) in [4.78, 5) is 23.2. The molecule has 4 rings (SSSR count). The molecule has 0 radical (unpaired) electrons. The number of hydrazone groups is 1. The van der Waals surface area contributed by atoms with Crippen LogP contribution in [-0.2, 0) is 13.2 Å². The van der Waals surface area contributed by atoms with Gasteiger partial charge in [-0.15, -0.1) is 0 Å². The molecule has 0 aromatic heterocycles. The Hall–Kier alpha value is -4.70. The number of carbonyl (C=O) groups excluding carboxylic acids is 1. The number of non-ortho nitro benzene ring substituents is 1. The lowest BCUT2D eigenvalue weighted by molar-refractivity contribution is -0.384. The molecule has 0 aliphatic heterocycles. The predicted octanol–water partition coefficient (Wildman–Crippen LogP) is 6.29. The highest BCUT2D eigenvalue weighted by atomic mass is 79.9. The van der Waals surface area contributed by atoms with E-state index < -0.39 is 10.8 Å². The molecule has 1 amide bonds. The Bertz CT molecular complexity index is 1480. The third-order valence-corrected chi connectivity index (χ3v) is 6.12. The average molecular weight is 590 g/mol. The van der Waals surface area contributed by atoms with Gasteiger partial charge in [-0.1, -0.05) is 42.5 Å². The molecule has 0 aliphatic rings. The highest BCUT2D eigenvalue weighted by molar-refractivity contribution is 9.10. The van der Waals surface area contributed by atoms with Crippen LogP contribution in [0.2, 0.25) is 0 Å². The minimum atomic E-state index is -0.453. The van der Waals surface area contributed by atoms with Crippen molar-refractivity contribution < 1.29 is 23.9 Å². The van der Waals surface area contributed by atoms with E-state index in [4.69, 9.17) is 14.2 Å². The largest absolute Gasteiger partial charge is 0.493 e. The van der Waals surface area contributed by atoms with Crippen molar-refractivity contribution in [3.63, 3.8) is 0 Å². The summed E-state index contributed by atoms with van der Waals surface area (Å²) >= 11 is 3.49. The standard InChI is InChI=1S/C29H24BrN3O6/c1-37-27-16-22(15-25(30)28(27)39-19-21-11-13-23(14-12-21)33(35)36)17-31-32-29(34)24-9-5-6-10-26(24)38-18-20-7-3-2-4-8-20/h2-17H,18-19H2,1H3,(H,32,34)/b31-17+. The first-order chi connectivity index (χ1) is 18.9. The molecule has 4 aromatic carbocycles. The SMILES string of the molecule is COc1cc(/C=N/NC(=O)c2ccccc2OCc2ccccc2)cc(Br)c1OCc1ccc([N+](=O)[O-])cc1. The Kier molecular flexibility index (Phi) is 9.25. The monoisotopic (exact) mass is 589 g/mol. The average Bonchev–Trinajstić information content (AvgIpc) is 2.96. The Morgan fingerprint density at radius 2 is 1.59 bits per heavy atom. The first-order valence-corrected chi connectivity index (χ1v) is 12.6. The molecule has 0 heterocycles. The van der Waals surface area contributed by atoms with Crippen LogP contribution in [0.15, 0.2) is 101 Å². The molecule has 0 saturated carbocycles. The molecular formula is C29H24BrN3O6. The number of hydrogen-bond donors (Lipinski definition) is 1. The van der Waals surface area contributed by atoms with E-state index in [1.165, 1.54) is 25.5 Å². The Labute approximate surface area is 233 Å². The molecular weight excluding hydrogens is 566 g/mol. The van der Waals surface area contributed by atoms with Crippen LogP contribution in [-0.4, -0.2) is 24.2 Å². The fraction of sp³-hybridized carbons (Fsp3) is 0.103. The highest BCUT2D eigenvalue weighted by Gasteiger charge is 2.14. The molecule has 0 fully saturated rings. The van der Waals surface area contributed by atoms with E-state index in [-0.39, 0.29) is 12.3 Å². The van der Waals surface area contributed by atoms with E-state index in [1.807, 2.05) is 30.3 Å². The van der Waals surface area contributed by atoms with E-state index in [1.54, 1.807) is 48.5 Å². The van der Waals surface area contributed by atoms with Gasteiger partial charge in [0.15, 0.2) is 11.5 Å². The van der Waals surface area contributed by atoms with Gasteiger partial charge in [-0.2, -0.15) is 5.10 Å². The fourth-order valence-corrected chi connectivity index (χ4v) is 4.14. The fourth-order valence-electron chi connectivity index (χ4n) is 3.56. The van der Waals surface area contributed by atoms with Crippen LogP contribution in [0.25, 0.3) is 0 Å². The number of nitro groups is 1. The second-order valence-corrected chi connectivity index (χ2v) is 9.07. The molecule has 0 unspecified atom stereocenters. The molecule has 1 N–H and O–H groups in total. The van der Waals surface area contributed by atoms with Gasteiger partial charge in [-0.3, -0.25) is 14.9 Å². The zero-order valence-corrected chi connectivity index (χ0v) is 22.5. The second kappa shape index (κ2) is 13.2. The number of carbonyl (C=O) groups is 1. The number of nitrogens with zero attached hydrogens (tertiary/aromatic N) is 2. The van der Waals surface area contributed by atoms with Gasteiger partial charge in [0.25, 0.3) is 11.6 Å². The van der Waals surface area contributed by atoms with Gasteiger partial charge in [0, 0.05) is 12.1 Å². The van der Waals surface area contributed by atoms with Crippen LogP contribution in [0, 0.1) is 10.1 Å². The summed E-state index contributed by atoms with van der Waals surface area (Å²) in [5.74, 6) is 0.942. The van der Waals surface area contributed by atoms with Crippen molar-refractivity contribution in [3.05, 3.63) is 128 Å². The van der Waals surface area contributed by atoms with E-state index in [9.17, 15) is 14.9 Å². The summed E-state index contributed by atoms with van der Waals surface area (Å²) < 4.78 is 17.8. The van der Waals surface area contributed by atoms with Gasteiger partial charge in [0.2, 0.25) is 0 Å². The molecule has 0 atom stereocenters. The summed E-state index contributed by atoms with van der Waals surface area (Å²) in [6.45, 7) is 0.517. The number of nitro benzene ring substituents is 1. The van der Waals surface area contributed by atoms with Crippen LogP contribution in [0.1, 0.15) is 27.0 Å². The maximum atomic E-state index is 12.8. The van der Waals surface area contributed by atoms with E-state index in [0.717, 1.165) is 11.1 Å². The number of nitrogens with one attached hydrogen (secondary N) is 1. The van der Waals surface area contributed by atoms with Crippen molar-refractivity contribution in [2.24, 2.45) is 5.10 Å². The summed E-state index contributed by atoms with van der Waals surface area (Å²) in [5, 5.41) is 14.9. The van der Waals surface area contributed by atoms with Gasteiger partial charge in [0.05, 0.1) is 28.3 Å². The topological polar surface area (TPSA) is 112 Å². The Balaban J connectivity index is 1.39. The summed E-state index contributed by atoms with van der Waals surface area (Å²) in [5.41, 5.74) is 5.30. The summed E-state index contributed by atoms with van der Waals surface area (Å²) in [6, 6.07) is 26.2. The molecule has 9 nitrogen and oxygen atoms in total. The van der Waals surface area contributed by atoms with Gasteiger partial charge in [-0.25, -0.2) is 5.43 Å². The van der Waals surface area contributed by atoms with Crippen molar-refractivity contribution >= 4 is 33.7 Å². The van der Waals surface area contributed by atoms with Crippen molar-refractivity contribution in [2.75, 3.05) is 7.11 Å². The number of ether oxygens (including phenoxy) is 3. The third-order valence-electron chi connectivity index (χ3n) is 5.53. The van der Waals surface area contributed by atoms with E-state index in [0.29, 0.717) is 39.5 Å². The van der Waals surface area contributed by atoms with Crippen LogP contribution in [0.3, 0.4) is 0 Å². The van der Waals surface area contributed by atoms with Crippen LogP contribution >= 0.6 is 15.9 Å². The third kappa shape index (κ3) is 7.42. The van der Waals surface area contributed by atoms with Crippen molar-refractivity contribution in [2.45, 2.75) is 13.2 Å². The molecule has 39 heavy (non-hydrogen) atoms. The number of halogens is 1. The zero-order chi connectivity index (χ0) is 27.6. The molecule has 0 bridgehead atoms. The van der Waals surface area contributed by atoms with E-state index >= 15 is 0 Å². The van der Waals surface area contributed by atoms with Gasteiger partial charge in [0.1, 0.15) is 19.0 Å². The number of amides is 1. The van der Waals surface area contributed by atoms with Crippen LogP contribution in [0.4, 0.5) is 5.69 Å². The molecule has 10 heteroatoms. The normalized spacial score (nSPS) is 10.7. The maximum absolute atomic E-state index is 12.8. The number of methoxy groups -OCH3 is 1. The Morgan fingerprint density at radius 1 is 0.923 bits per heavy atom. The molecule has 0 spiro atoms. The van der Waals surface area contributed by atoms with Crippen LogP contribution < -0.4 is 19.6 Å². The lowest BCUT2D eigenvalue weighted by Gasteiger charge is -2.13. The van der Waals surface area contributed by atoms with Gasteiger partial charge in [-0.05, 0) is 69.0 Å². The zero-order valence-electron chi connectivity index (χ0n) is 20.9. The molecule has 0 saturated heterocycles. The van der Waals surface area contributed by atoms with E-state index in [2.05, 4.69) is 26.5 Å². The molecule has 4 aromatic rings. The second-order valence-electron chi connectivity index (χ2n) is 8.22. The quantitative estimate of drug-likeness (QED) is 0.125. The molecule has 198 valence electrons.